The van der Waals surface area contributed by atoms with Gasteiger partial charge in [0, 0.05) is 24.1 Å². The summed E-state index contributed by atoms with van der Waals surface area (Å²) in [5.74, 6) is 0. The molecule has 0 atom stereocenters. The number of nitrogens with zero attached hydrogens (tertiary/aromatic N) is 1. The highest BCUT2D eigenvalue weighted by atomic mass is 79.9. The predicted molar refractivity (Wildman–Crippen MR) is 80.1 cm³/mol. The standard InChI is InChI=1S/C16H16BrN/c1-12-8-13(9-17)6-7-16(12)18-10-14-4-2-3-5-15(14)11-18/h2-8H,9-11H2,1H3. The number of anilines is 1. The second kappa shape index (κ2) is 4.77. The zero-order valence-corrected chi connectivity index (χ0v) is 12.1. The first-order chi connectivity index (χ1) is 8.78. The first kappa shape index (κ1) is 11.8. The van der Waals surface area contributed by atoms with Crippen LogP contribution in [0.25, 0.3) is 0 Å². The molecule has 18 heavy (non-hydrogen) atoms. The molecule has 1 nitrogen and oxygen atoms in total. The van der Waals surface area contributed by atoms with Gasteiger partial charge in [-0.2, -0.15) is 0 Å². The third-order valence-corrected chi connectivity index (χ3v) is 4.24. The van der Waals surface area contributed by atoms with Crippen molar-refractivity contribution in [3.05, 3.63) is 64.7 Å². The van der Waals surface area contributed by atoms with E-state index < -0.39 is 0 Å². The van der Waals surface area contributed by atoms with Crippen LogP contribution >= 0.6 is 15.9 Å². The molecule has 0 unspecified atom stereocenters. The van der Waals surface area contributed by atoms with Gasteiger partial charge in [-0.25, -0.2) is 0 Å². The third-order valence-electron chi connectivity index (χ3n) is 3.60. The Kier molecular flexibility index (Phi) is 3.13. The molecule has 0 amide bonds. The van der Waals surface area contributed by atoms with Crippen molar-refractivity contribution >= 4 is 21.6 Å². The van der Waals surface area contributed by atoms with Crippen LogP contribution in [0, 0.1) is 6.92 Å². The SMILES string of the molecule is Cc1cc(CBr)ccc1N1Cc2ccccc2C1. The van der Waals surface area contributed by atoms with Gasteiger partial charge in [-0.1, -0.05) is 52.3 Å². The average molecular weight is 302 g/mol. The monoisotopic (exact) mass is 301 g/mol. The van der Waals surface area contributed by atoms with Gasteiger partial charge in [0.1, 0.15) is 0 Å². The van der Waals surface area contributed by atoms with E-state index in [-0.39, 0.29) is 0 Å². The van der Waals surface area contributed by atoms with Crippen LogP contribution in [0.3, 0.4) is 0 Å². The van der Waals surface area contributed by atoms with Gasteiger partial charge in [-0.15, -0.1) is 0 Å². The van der Waals surface area contributed by atoms with Crippen molar-refractivity contribution in [2.45, 2.75) is 25.3 Å². The molecule has 0 saturated carbocycles. The summed E-state index contributed by atoms with van der Waals surface area (Å²) in [7, 11) is 0. The zero-order chi connectivity index (χ0) is 12.5. The predicted octanol–water partition coefficient (Wildman–Crippen LogP) is 4.41. The minimum atomic E-state index is 0.925. The summed E-state index contributed by atoms with van der Waals surface area (Å²) in [4.78, 5) is 2.46. The van der Waals surface area contributed by atoms with Crippen LogP contribution in [-0.2, 0) is 18.4 Å². The van der Waals surface area contributed by atoms with E-state index in [1.54, 1.807) is 0 Å². The molecule has 0 aromatic heterocycles. The molecule has 0 N–H and O–H groups in total. The molecule has 1 aliphatic rings. The summed E-state index contributed by atoms with van der Waals surface area (Å²) < 4.78 is 0. The Morgan fingerprint density at radius 3 is 2.28 bits per heavy atom. The van der Waals surface area contributed by atoms with Gasteiger partial charge in [0.05, 0.1) is 0 Å². The van der Waals surface area contributed by atoms with E-state index in [0.29, 0.717) is 0 Å². The van der Waals surface area contributed by atoms with Crippen molar-refractivity contribution in [1.29, 1.82) is 0 Å². The van der Waals surface area contributed by atoms with Crippen LogP contribution in [0.5, 0.6) is 0 Å². The van der Waals surface area contributed by atoms with Crippen molar-refractivity contribution in [2.75, 3.05) is 4.90 Å². The van der Waals surface area contributed by atoms with Crippen molar-refractivity contribution in [3.8, 4) is 0 Å². The van der Waals surface area contributed by atoms with E-state index in [0.717, 1.165) is 18.4 Å². The molecule has 0 fully saturated rings. The maximum Gasteiger partial charge on any atom is 0.0436 e. The number of rotatable bonds is 2. The van der Waals surface area contributed by atoms with Crippen LogP contribution in [0.4, 0.5) is 5.69 Å². The molecular formula is C16H16BrN. The van der Waals surface area contributed by atoms with E-state index in [1.165, 1.54) is 27.9 Å². The molecule has 2 aromatic rings. The summed E-state index contributed by atoms with van der Waals surface area (Å²) in [5.41, 5.74) is 6.98. The van der Waals surface area contributed by atoms with Crippen LogP contribution in [0.1, 0.15) is 22.3 Å². The van der Waals surface area contributed by atoms with Crippen LogP contribution in [0.2, 0.25) is 0 Å². The summed E-state index contributed by atoms with van der Waals surface area (Å²) in [6, 6.07) is 15.5. The van der Waals surface area contributed by atoms with Gasteiger partial charge in [-0.05, 0) is 35.2 Å². The van der Waals surface area contributed by atoms with Crippen molar-refractivity contribution in [1.82, 2.24) is 0 Å². The lowest BCUT2D eigenvalue weighted by atomic mass is 10.1. The molecule has 0 bridgehead atoms. The van der Waals surface area contributed by atoms with Gasteiger partial charge in [0.15, 0.2) is 0 Å². The van der Waals surface area contributed by atoms with Crippen molar-refractivity contribution < 1.29 is 0 Å². The molecule has 3 rings (SSSR count). The number of fused-ring (bicyclic) bond motifs is 1. The molecule has 0 saturated heterocycles. The third kappa shape index (κ3) is 2.05. The molecule has 92 valence electrons. The number of alkyl halides is 1. The Balaban J connectivity index is 1.90. The minimum absolute atomic E-state index is 0.925. The molecule has 0 radical (unpaired) electrons. The second-order valence-electron chi connectivity index (χ2n) is 4.88. The number of aryl methyl sites for hydroxylation is 1. The van der Waals surface area contributed by atoms with E-state index >= 15 is 0 Å². The summed E-state index contributed by atoms with van der Waals surface area (Å²) in [5, 5.41) is 0.925. The fourth-order valence-corrected chi connectivity index (χ4v) is 3.01. The number of hydrogen-bond donors (Lipinski definition) is 0. The Hall–Kier alpha value is -1.28. The van der Waals surface area contributed by atoms with Crippen molar-refractivity contribution in [3.63, 3.8) is 0 Å². The lowest BCUT2D eigenvalue weighted by Crippen LogP contribution is -2.15. The number of halogens is 1. The Morgan fingerprint density at radius 1 is 1.06 bits per heavy atom. The highest BCUT2D eigenvalue weighted by Gasteiger charge is 2.19. The van der Waals surface area contributed by atoms with Gasteiger partial charge < -0.3 is 4.90 Å². The summed E-state index contributed by atoms with van der Waals surface area (Å²) in [6.07, 6.45) is 0. The molecule has 0 spiro atoms. The van der Waals surface area contributed by atoms with Gasteiger partial charge in [0.2, 0.25) is 0 Å². The van der Waals surface area contributed by atoms with E-state index in [9.17, 15) is 0 Å². The van der Waals surface area contributed by atoms with Crippen LogP contribution in [-0.4, -0.2) is 0 Å². The number of benzene rings is 2. The quantitative estimate of drug-likeness (QED) is 0.743. The largest absolute Gasteiger partial charge is 0.363 e. The lowest BCUT2D eigenvalue weighted by Gasteiger charge is -2.20. The summed E-state index contributed by atoms with van der Waals surface area (Å²) in [6.45, 7) is 4.26. The highest BCUT2D eigenvalue weighted by molar-refractivity contribution is 9.08. The Labute approximate surface area is 117 Å². The average Bonchev–Trinajstić information content (AvgIpc) is 2.81. The zero-order valence-electron chi connectivity index (χ0n) is 10.5. The topological polar surface area (TPSA) is 3.24 Å². The molecule has 2 heteroatoms. The maximum absolute atomic E-state index is 3.51. The first-order valence-electron chi connectivity index (χ1n) is 6.25. The molecule has 2 aromatic carbocycles. The lowest BCUT2D eigenvalue weighted by molar-refractivity contribution is 0.874. The fourth-order valence-electron chi connectivity index (χ4n) is 2.66. The molecular weight excluding hydrogens is 286 g/mol. The minimum Gasteiger partial charge on any atom is -0.363 e. The highest BCUT2D eigenvalue weighted by Crippen LogP contribution is 2.30. The smallest absolute Gasteiger partial charge is 0.0436 e. The van der Waals surface area contributed by atoms with Gasteiger partial charge in [0.25, 0.3) is 0 Å². The number of hydrogen-bond acceptors (Lipinski definition) is 1. The van der Waals surface area contributed by atoms with Gasteiger partial charge >= 0.3 is 0 Å². The first-order valence-corrected chi connectivity index (χ1v) is 7.37. The van der Waals surface area contributed by atoms with E-state index in [4.69, 9.17) is 0 Å². The van der Waals surface area contributed by atoms with E-state index in [2.05, 4.69) is 70.2 Å². The normalized spacial score (nSPS) is 13.8. The fraction of sp³-hybridized carbons (Fsp3) is 0.250. The Bertz CT molecular complexity index is 552. The van der Waals surface area contributed by atoms with E-state index in [1.807, 2.05) is 0 Å². The molecule has 1 aliphatic heterocycles. The van der Waals surface area contributed by atoms with Crippen LogP contribution in [0.15, 0.2) is 42.5 Å². The Morgan fingerprint density at radius 2 is 1.72 bits per heavy atom. The molecule has 1 heterocycles. The van der Waals surface area contributed by atoms with Crippen LogP contribution < -0.4 is 4.90 Å². The molecule has 0 aliphatic carbocycles. The maximum atomic E-state index is 3.51. The second-order valence-corrected chi connectivity index (χ2v) is 5.44. The van der Waals surface area contributed by atoms with Crippen molar-refractivity contribution in [2.24, 2.45) is 0 Å². The summed E-state index contributed by atoms with van der Waals surface area (Å²) >= 11 is 3.51. The van der Waals surface area contributed by atoms with Gasteiger partial charge in [-0.3, -0.25) is 0 Å².